The molecule has 2 heterocycles. The van der Waals surface area contributed by atoms with Crippen LogP contribution in [0.15, 0.2) is 59.6 Å². The molecule has 0 spiro atoms. The molecule has 1 saturated heterocycles. The van der Waals surface area contributed by atoms with Crippen LogP contribution in [0.25, 0.3) is 17.0 Å². The van der Waals surface area contributed by atoms with Crippen LogP contribution in [0.2, 0.25) is 0 Å². The standard InChI is InChI=1S/C23H21FN2OS2/c1-23(2,3)26-21(27)20(29-22(26)28)12-16-14-25(19-7-5-4-6-18(16)19)13-15-8-10-17(24)11-9-15/h4-12,14H,13H2,1-3H3/b20-12+. The van der Waals surface area contributed by atoms with E-state index in [-0.39, 0.29) is 17.3 Å². The first-order valence-corrected chi connectivity index (χ1v) is 10.6. The maximum Gasteiger partial charge on any atom is 0.266 e. The van der Waals surface area contributed by atoms with E-state index < -0.39 is 0 Å². The summed E-state index contributed by atoms with van der Waals surface area (Å²) in [6, 6.07) is 14.6. The Morgan fingerprint density at radius 1 is 1.10 bits per heavy atom. The van der Waals surface area contributed by atoms with Gasteiger partial charge in [0.15, 0.2) is 0 Å². The summed E-state index contributed by atoms with van der Waals surface area (Å²) >= 11 is 6.79. The molecule has 0 bridgehead atoms. The molecule has 6 heteroatoms. The van der Waals surface area contributed by atoms with Crippen molar-refractivity contribution in [3.8, 4) is 0 Å². The van der Waals surface area contributed by atoms with Crippen molar-refractivity contribution in [3.63, 3.8) is 0 Å². The molecule has 1 aromatic heterocycles. The molecule has 3 aromatic rings. The van der Waals surface area contributed by atoms with Gasteiger partial charge in [-0.25, -0.2) is 4.39 Å². The lowest BCUT2D eigenvalue weighted by molar-refractivity contribution is -0.125. The van der Waals surface area contributed by atoms with Crippen LogP contribution in [-0.4, -0.2) is 25.2 Å². The Labute approximate surface area is 179 Å². The second-order valence-corrected chi connectivity index (χ2v) is 9.72. The summed E-state index contributed by atoms with van der Waals surface area (Å²) in [7, 11) is 0. The van der Waals surface area contributed by atoms with Gasteiger partial charge in [0.2, 0.25) is 0 Å². The van der Waals surface area contributed by atoms with E-state index in [1.54, 1.807) is 17.0 Å². The molecule has 0 aliphatic carbocycles. The Morgan fingerprint density at radius 3 is 2.45 bits per heavy atom. The number of thioether (sulfide) groups is 1. The molecule has 3 nitrogen and oxygen atoms in total. The van der Waals surface area contributed by atoms with E-state index in [0.717, 1.165) is 22.0 Å². The van der Waals surface area contributed by atoms with Crippen LogP contribution in [0.1, 0.15) is 31.9 Å². The van der Waals surface area contributed by atoms with Gasteiger partial charge in [0.05, 0.1) is 4.91 Å². The Kier molecular flexibility index (Phi) is 5.09. The molecule has 0 unspecified atom stereocenters. The van der Waals surface area contributed by atoms with Gasteiger partial charge >= 0.3 is 0 Å². The average Bonchev–Trinajstić information content (AvgIpc) is 3.14. The van der Waals surface area contributed by atoms with Gasteiger partial charge in [0.25, 0.3) is 5.91 Å². The smallest absolute Gasteiger partial charge is 0.266 e. The topological polar surface area (TPSA) is 25.2 Å². The van der Waals surface area contributed by atoms with Gasteiger partial charge in [-0.15, -0.1) is 0 Å². The van der Waals surface area contributed by atoms with Crippen LogP contribution in [-0.2, 0) is 11.3 Å². The van der Waals surface area contributed by atoms with Crippen LogP contribution in [0, 0.1) is 5.82 Å². The number of nitrogens with zero attached hydrogens (tertiary/aromatic N) is 2. The van der Waals surface area contributed by atoms with E-state index in [1.165, 1.54) is 23.9 Å². The number of carbonyl (C=O) groups excluding carboxylic acids is 1. The van der Waals surface area contributed by atoms with Gasteiger partial charge in [0, 0.05) is 34.7 Å². The van der Waals surface area contributed by atoms with Crippen molar-refractivity contribution >= 4 is 51.2 Å². The molecular weight excluding hydrogens is 403 g/mol. The summed E-state index contributed by atoms with van der Waals surface area (Å²) in [6.07, 6.45) is 3.96. The molecule has 2 aromatic carbocycles. The van der Waals surface area contributed by atoms with Crippen molar-refractivity contribution in [2.45, 2.75) is 32.9 Å². The van der Waals surface area contributed by atoms with Gasteiger partial charge in [-0.1, -0.05) is 54.3 Å². The average molecular weight is 425 g/mol. The number of hydrogen-bond acceptors (Lipinski definition) is 3. The van der Waals surface area contributed by atoms with E-state index in [4.69, 9.17) is 12.2 Å². The number of thiocarbonyl (C=S) groups is 1. The summed E-state index contributed by atoms with van der Waals surface area (Å²) < 4.78 is 15.9. The number of para-hydroxylation sites is 1. The number of benzene rings is 2. The Balaban J connectivity index is 1.74. The first-order valence-electron chi connectivity index (χ1n) is 9.34. The summed E-state index contributed by atoms with van der Waals surface area (Å²) in [6.45, 7) is 6.57. The Hall–Kier alpha value is -2.44. The highest BCUT2D eigenvalue weighted by Gasteiger charge is 2.39. The third-order valence-electron chi connectivity index (χ3n) is 4.84. The van der Waals surface area contributed by atoms with Crippen LogP contribution in [0.3, 0.4) is 0 Å². The lowest BCUT2D eigenvalue weighted by atomic mass is 10.1. The molecule has 1 aliphatic rings. The fourth-order valence-corrected chi connectivity index (χ4v) is 5.12. The number of rotatable bonds is 3. The van der Waals surface area contributed by atoms with Gasteiger partial charge in [-0.2, -0.15) is 0 Å². The zero-order valence-electron chi connectivity index (χ0n) is 16.5. The summed E-state index contributed by atoms with van der Waals surface area (Å²) in [5.74, 6) is -0.296. The third-order valence-corrected chi connectivity index (χ3v) is 6.14. The highest BCUT2D eigenvalue weighted by molar-refractivity contribution is 8.26. The minimum absolute atomic E-state index is 0.0529. The van der Waals surface area contributed by atoms with Crippen LogP contribution < -0.4 is 0 Å². The largest absolute Gasteiger partial charge is 0.342 e. The summed E-state index contributed by atoms with van der Waals surface area (Å²) in [5.41, 5.74) is 2.69. The van der Waals surface area contributed by atoms with Gasteiger partial charge in [-0.05, 0) is 50.6 Å². The minimum Gasteiger partial charge on any atom is -0.342 e. The van der Waals surface area contributed by atoms with E-state index in [1.807, 2.05) is 51.2 Å². The lowest BCUT2D eigenvalue weighted by Crippen LogP contribution is -2.44. The van der Waals surface area contributed by atoms with Gasteiger partial charge < -0.3 is 4.57 Å². The second-order valence-electron chi connectivity index (χ2n) is 8.04. The molecular formula is C23H21FN2OS2. The van der Waals surface area contributed by atoms with Crippen molar-refractivity contribution in [1.29, 1.82) is 0 Å². The second kappa shape index (κ2) is 7.43. The van der Waals surface area contributed by atoms with Crippen LogP contribution >= 0.6 is 24.0 Å². The SMILES string of the molecule is CC(C)(C)N1C(=O)/C(=C\c2cn(Cc3ccc(F)cc3)c3ccccc23)SC1=S. The number of aromatic nitrogens is 1. The zero-order chi connectivity index (χ0) is 20.8. The Bertz CT molecular complexity index is 1140. The molecule has 0 N–H and O–H groups in total. The minimum atomic E-state index is -0.354. The van der Waals surface area contributed by atoms with Crippen LogP contribution in [0.4, 0.5) is 4.39 Å². The molecule has 0 atom stereocenters. The zero-order valence-corrected chi connectivity index (χ0v) is 18.1. The Morgan fingerprint density at radius 2 is 1.79 bits per heavy atom. The number of halogens is 1. The molecule has 29 heavy (non-hydrogen) atoms. The third kappa shape index (κ3) is 3.87. The fraction of sp³-hybridized carbons (Fsp3) is 0.217. The van der Waals surface area contributed by atoms with Gasteiger partial charge in [-0.3, -0.25) is 9.69 Å². The highest BCUT2D eigenvalue weighted by Crippen LogP contribution is 2.38. The molecule has 0 radical (unpaired) electrons. The van der Waals surface area contributed by atoms with E-state index in [2.05, 4.69) is 10.6 Å². The first kappa shape index (κ1) is 19.9. The van der Waals surface area contributed by atoms with Crippen molar-refractivity contribution in [3.05, 3.63) is 76.6 Å². The molecule has 0 saturated carbocycles. The van der Waals surface area contributed by atoms with Crippen molar-refractivity contribution in [1.82, 2.24) is 9.47 Å². The summed E-state index contributed by atoms with van der Waals surface area (Å²) in [4.78, 5) is 15.3. The maximum absolute atomic E-state index is 13.2. The fourth-order valence-electron chi connectivity index (χ4n) is 3.49. The molecule has 148 valence electrons. The van der Waals surface area contributed by atoms with Crippen molar-refractivity contribution < 1.29 is 9.18 Å². The van der Waals surface area contributed by atoms with Gasteiger partial charge in [0.1, 0.15) is 10.1 Å². The number of carbonyl (C=O) groups is 1. The number of fused-ring (bicyclic) bond motifs is 1. The van der Waals surface area contributed by atoms with E-state index >= 15 is 0 Å². The maximum atomic E-state index is 13.2. The number of hydrogen-bond donors (Lipinski definition) is 0. The van der Waals surface area contributed by atoms with E-state index in [0.29, 0.717) is 15.8 Å². The van der Waals surface area contributed by atoms with Crippen molar-refractivity contribution in [2.24, 2.45) is 0 Å². The lowest BCUT2D eigenvalue weighted by Gasteiger charge is -2.30. The number of amides is 1. The van der Waals surface area contributed by atoms with Crippen molar-refractivity contribution in [2.75, 3.05) is 0 Å². The molecule has 1 aliphatic heterocycles. The normalized spacial score (nSPS) is 16.4. The van der Waals surface area contributed by atoms with Crippen LogP contribution in [0.5, 0.6) is 0 Å². The first-order chi connectivity index (χ1) is 13.7. The predicted molar refractivity (Wildman–Crippen MR) is 122 cm³/mol. The molecule has 1 amide bonds. The quantitative estimate of drug-likeness (QED) is 0.391. The monoisotopic (exact) mass is 424 g/mol. The van der Waals surface area contributed by atoms with E-state index in [9.17, 15) is 9.18 Å². The highest BCUT2D eigenvalue weighted by atomic mass is 32.2. The summed E-state index contributed by atoms with van der Waals surface area (Å²) in [5, 5.41) is 1.07. The molecule has 4 rings (SSSR count). The molecule has 1 fully saturated rings. The predicted octanol–water partition coefficient (Wildman–Crippen LogP) is 5.83.